The van der Waals surface area contributed by atoms with E-state index in [0.29, 0.717) is 18.7 Å². The molecule has 1 atom stereocenters. The summed E-state index contributed by atoms with van der Waals surface area (Å²) in [6.45, 7) is 3.90. The second kappa shape index (κ2) is 6.89. The monoisotopic (exact) mass is 263 g/mol. The number of anilines is 1. The van der Waals surface area contributed by atoms with Crippen LogP contribution in [0.25, 0.3) is 0 Å². The van der Waals surface area contributed by atoms with Crippen molar-refractivity contribution >= 4 is 17.5 Å². The minimum absolute atomic E-state index is 0.00226. The van der Waals surface area contributed by atoms with Crippen molar-refractivity contribution in [3.8, 4) is 0 Å². The lowest BCUT2D eigenvalue weighted by molar-refractivity contribution is -0.128. The van der Waals surface area contributed by atoms with Crippen LogP contribution in [0.5, 0.6) is 0 Å². The lowest BCUT2D eigenvalue weighted by Gasteiger charge is -2.16. The normalized spacial score (nSPS) is 11.8. The summed E-state index contributed by atoms with van der Waals surface area (Å²) in [4.78, 5) is 24.5. The zero-order chi connectivity index (χ0) is 14.4. The molecule has 5 heteroatoms. The first-order valence-corrected chi connectivity index (χ1v) is 6.31. The fourth-order valence-electron chi connectivity index (χ4n) is 1.55. The van der Waals surface area contributed by atoms with Crippen molar-refractivity contribution in [3.05, 3.63) is 29.8 Å². The molecule has 1 rings (SSSR count). The van der Waals surface area contributed by atoms with E-state index in [9.17, 15) is 9.59 Å². The molecule has 0 aliphatic heterocycles. The molecule has 0 radical (unpaired) electrons. The van der Waals surface area contributed by atoms with Crippen LogP contribution in [0.3, 0.4) is 0 Å². The molecule has 2 amide bonds. The quantitative estimate of drug-likeness (QED) is 0.841. The second-order valence-corrected chi connectivity index (χ2v) is 4.58. The molecule has 1 aromatic carbocycles. The van der Waals surface area contributed by atoms with Crippen molar-refractivity contribution < 1.29 is 9.59 Å². The van der Waals surface area contributed by atoms with Gasteiger partial charge in [-0.3, -0.25) is 9.59 Å². The molecule has 1 aromatic rings. The highest BCUT2D eigenvalue weighted by molar-refractivity contribution is 5.94. The van der Waals surface area contributed by atoms with Crippen LogP contribution in [-0.4, -0.2) is 29.8 Å². The first kappa shape index (κ1) is 15.2. The van der Waals surface area contributed by atoms with Gasteiger partial charge in [0.2, 0.25) is 11.8 Å². The standard InChI is InChI=1S/C14H21N3O2/c1-4-13(15)14(19)16-12-7-5-6-11(8-12)9-17(3)10(2)18/h5-8,13H,4,9,15H2,1-3H3,(H,16,19)/t13-/m0/s1. The molecule has 0 aliphatic carbocycles. The Morgan fingerprint density at radius 3 is 2.68 bits per heavy atom. The summed E-state index contributed by atoms with van der Waals surface area (Å²) in [5.41, 5.74) is 7.31. The molecule has 0 aromatic heterocycles. The third-order valence-corrected chi connectivity index (χ3v) is 2.93. The zero-order valence-corrected chi connectivity index (χ0v) is 11.6. The second-order valence-electron chi connectivity index (χ2n) is 4.58. The van der Waals surface area contributed by atoms with Gasteiger partial charge in [0.15, 0.2) is 0 Å². The van der Waals surface area contributed by atoms with Crippen LogP contribution in [0.2, 0.25) is 0 Å². The predicted molar refractivity (Wildman–Crippen MR) is 75.5 cm³/mol. The van der Waals surface area contributed by atoms with Gasteiger partial charge in [-0.1, -0.05) is 19.1 Å². The number of nitrogens with two attached hydrogens (primary N) is 1. The van der Waals surface area contributed by atoms with Crippen LogP contribution in [0.15, 0.2) is 24.3 Å². The molecule has 0 spiro atoms. The zero-order valence-electron chi connectivity index (χ0n) is 11.6. The molecular formula is C14H21N3O2. The van der Waals surface area contributed by atoms with Gasteiger partial charge in [0, 0.05) is 26.2 Å². The van der Waals surface area contributed by atoms with E-state index < -0.39 is 6.04 Å². The molecule has 0 unspecified atom stereocenters. The Hall–Kier alpha value is -1.88. The topological polar surface area (TPSA) is 75.4 Å². The molecule has 104 valence electrons. The SMILES string of the molecule is CC[C@H](N)C(=O)Nc1cccc(CN(C)C(C)=O)c1. The highest BCUT2D eigenvalue weighted by Gasteiger charge is 2.11. The van der Waals surface area contributed by atoms with Gasteiger partial charge < -0.3 is 16.0 Å². The summed E-state index contributed by atoms with van der Waals surface area (Å²) >= 11 is 0. The van der Waals surface area contributed by atoms with Crippen LogP contribution in [-0.2, 0) is 16.1 Å². The van der Waals surface area contributed by atoms with Crippen molar-refractivity contribution in [2.75, 3.05) is 12.4 Å². The third-order valence-electron chi connectivity index (χ3n) is 2.93. The number of hydrogen-bond donors (Lipinski definition) is 2. The number of amides is 2. The first-order valence-electron chi connectivity index (χ1n) is 6.31. The van der Waals surface area contributed by atoms with Crippen LogP contribution < -0.4 is 11.1 Å². The van der Waals surface area contributed by atoms with Gasteiger partial charge in [0.05, 0.1) is 6.04 Å². The number of carbonyl (C=O) groups is 2. The lowest BCUT2D eigenvalue weighted by Crippen LogP contribution is -2.34. The highest BCUT2D eigenvalue weighted by Crippen LogP contribution is 2.12. The maximum Gasteiger partial charge on any atom is 0.241 e. The largest absolute Gasteiger partial charge is 0.342 e. The number of carbonyl (C=O) groups excluding carboxylic acids is 2. The van der Waals surface area contributed by atoms with Gasteiger partial charge >= 0.3 is 0 Å². The summed E-state index contributed by atoms with van der Waals surface area (Å²) in [6.07, 6.45) is 0.596. The predicted octanol–water partition coefficient (Wildman–Crippen LogP) is 1.34. The van der Waals surface area contributed by atoms with Crippen molar-refractivity contribution in [2.45, 2.75) is 32.9 Å². The van der Waals surface area contributed by atoms with Gasteiger partial charge in [-0.15, -0.1) is 0 Å². The smallest absolute Gasteiger partial charge is 0.241 e. The summed E-state index contributed by atoms with van der Waals surface area (Å²) in [6, 6.07) is 6.91. The Kier molecular flexibility index (Phi) is 5.51. The maximum absolute atomic E-state index is 11.7. The fraction of sp³-hybridized carbons (Fsp3) is 0.429. The number of nitrogens with one attached hydrogen (secondary N) is 1. The van der Waals surface area contributed by atoms with Crippen molar-refractivity contribution in [3.63, 3.8) is 0 Å². The Morgan fingerprint density at radius 2 is 2.11 bits per heavy atom. The molecule has 3 N–H and O–H groups in total. The summed E-state index contributed by atoms with van der Waals surface area (Å²) in [7, 11) is 1.74. The minimum atomic E-state index is -0.497. The van der Waals surface area contributed by atoms with Gasteiger partial charge in [-0.05, 0) is 24.1 Å². The highest BCUT2D eigenvalue weighted by atomic mass is 16.2. The summed E-state index contributed by atoms with van der Waals surface area (Å²) in [5, 5.41) is 2.77. The van der Waals surface area contributed by atoms with Crippen molar-refractivity contribution in [2.24, 2.45) is 5.73 Å². The molecule has 0 saturated carbocycles. The minimum Gasteiger partial charge on any atom is -0.342 e. The Balaban J connectivity index is 2.72. The van der Waals surface area contributed by atoms with E-state index >= 15 is 0 Å². The molecular weight excluding hydrogens is 242 g/mol. The van der Waals surface area contributed by atoms with Crippen LogP contribution in [0, 0.1) is 0 Å². The van der Waals surface area contributed by atoms with E-state index in [2.05, 4.69) is 5.32 Å². The Labute approximate surface area is 113 Å². The van der Waals surface area contributed by atoms with Crippen LogP contribution in [0.1, 0.15) is 25.8 Å². The molecule has 19 heavy (non-hydrogen) atoms. The number of rotatable bonds is 5. The average molecular weight is 263 g/mol. The molecule has 0 fully saturated rings. The maximum atomic E-state index is 11.7. The van der Waals surface area contributed by atoms with E-state index in [1.165, 1.54) is 6.92 Å². The fourth-order valence-corrected chi connectivity index (χ4v) is 1.55. The van der Waals surface area contributed by atoms with E-state index in [1.807, 2.05) is 25.1 Å². The molecule has 5 nitrogen and oxygen atoms in total. The summed E-state index contributed by atoms with van der Waals surface area (Å²) in [5.74, 6) is -0.193. The molecule has 0 heterocycles. The van der Waals surface area contributed by atoms with Gasteiger partial charge in [0.25, 0.3) is 0 Å². The van der Waals surface area contributed by atoms with Gasteiger partial charge in [-0.25, -0.2) is 0 Å². The summed E-state index contributed by atoms with van der Waals surface area (Å²) < 4.78 is 0. The van der Waals surface area contributed by atoms with Crippen molar-refractivity contribution in [1.29, 1.82) is 0 Å². The van der Waals surface area contributed by atoms with E-state index in [0.717, 1.165) is 5.56 Å². The first-order chi connectivity index (χ1) is 8.93. The Morgan fingerprint density at radius 1 is 1.42 bits per heavy atom. The molecule has 0 bridgehead atoms. The lowest BCUT2D eigenvalue weighted by atomic mass is 10.1. The van der Waals surface area contributed by atoms with E-state index in [4.69, 9.17) is 5.73 Å². The van der Waals surface area contributed by atoms with Crippen molar-refractivity contribution in [1.82, 2.24) is 4.90 Å². The molecule has 0 saturated heterocycles. The number of benzene rings is 1. The van der Waals surface area contributed by atoms with Gasteiger partial charge in [0.1, 0.15) is 0 Å². The number of hydrogen-bond acceptors (Lipinski definition) is 3. The number of nitrogens with zero attached hydrogens (tertiary/aromatic N) is 1. The third kappa shape index (κ3) is 4.71. The average Bonchev–Trinajstić information content (AvgIpc) is 2.37. The van der Waals surface area contributed by atoms with Crippen LogP contribution >= 0.6 is 0 Å². The van der Waals surface area contributed by atoms with E-state index in [-0.39, 0.29) is 11.8 Å². The molecule has 0 aliphatic rings. The van der Waals surface area contributed by atoms with Gasteiger partial charge in [-0.2, -0.15) is 0 Å². The van der Waals surface area contributed by atoms with E-state index in [1.54, 1.807) is 18.0 Å². The Bertz CT molecular complexity index is 460. The van der Waals surface area contributed by atoms with Crippen LogP contribution in [0.4, 0.5) is 5.69 Å².